The van der Waals surface area contributed by atoms with Gasteiger partial charge in [0.05, 0.1) is 10.7 Å². The number of rotatable bonds is 5. The second-order valence-electron chi connectivity index (χ2n) is 7.02. The number of nitrogens with one attached hydrogen (secondary N) is 1. The van der Waals surface area contributed by atoms with E-state index in [9.17, 15) is 4.39 Å². The van der Waals surface area contributed by atoms with E-state index in [0.29, 0.717) is 0 Å². The summed E-state index contributed by atoms with van der Waals surface area (Å²) >= 11 is 8.29. The highest BCUT2D eigenvalue weighted by atomic mass is 35.5. The summed E-state index contributed by atoms with van der Waals surface area (Å²) < 4.78 is 13.0. The molecule has 156 valence electrons. The lowest BCUT2D eigenvalue weighted by Gasteiger charge is -2.13. The zero-order valence-electron chi connectivity index (χ0n) is 16.4. The number of benzene rings is 2. The minimum Gasteiger partial charge on any atom is -0.316 e. The van der Waals surface area contributed by atoms with Crippen LogP contribution in [0.3, 0.4) is 0 Å². The van der Waals surface area contributed by atoms with Crippen LogP contribution in [0, 0.1) is 5.82 Å². The molecule has 3 aromatic rings. The zero-order valence-corrected chi connectivity index (χ0v) is 18.8. The summed E-state index contributed by atoms with van der Waals surface area (Å²) in [5.74, 6) is 0.559. The number of pyridine rings is 1. The summed E-state index contributed by atoms with van der Waals surface area (Å²) in [5, 5.41) is 4.29. The number of hydrogen-bond acceptors (Lipinski definition) is 3. The predicted octanol–water partition coefficient (Wildman–Crippen LogP) is 6.45. The van der Waals surface area contributed by atoms with Crippen molar-refractivity contribution in [2.24, 2.45) is 0 Å². The summed E-state index contributed by atoms with van der Waals surface area (Å²) in [5.41, 5.74) is 5.78. The van der Waals surface area contributed by atoms with E-state index in [2.05, 4.69) is 28.5 Å². The molecule has 0 amide bonds. The summed E-state index contributed by atoms with van der Waals surface area (Å²) in [6, 6.07) is 14.7. The minimum absolute atomic E-state index is 0. The smallest absolute Gasteiger partial charge is 0.123 e. The second-order valence-corrected chi connectivity index (χ2v) is 8.41. The predicted molar refractivity (Wildman–Crippen MR) is 128 cm³/mol. The van der Waals surface area contributed by atoms with Crippen molar-refractivity contribution in [1.29, 1.82) is 0 Å². The van der Waals surface area contributed by atoms with Crippen molar-refractivity contribution in [3.8, 4) is 0 Å². The lowest BCUT2D eigenvalue weighted by atomic mass is 10.0. The van der Waals surface area contributed by atoms with Gasteiger partial charge in [-0.2, -0.15) is 0 Å². The van der Waals surface area contributed by atoms with E-state index in [0.717, 1.165) is 53.5 Å². The molecule has 0 unspecified atom stereocenters. The molecule has 1 N–H and O–H groups in total. The Morgan fingerprint density at radius 1 is 0.967 bits per heavy atom. The maximum absolute atomic E-state index is 13.0. The average molecular weight is 461 g/mol. The Labute approximate surface area is 192 Å². The van der Waals surface area contributed by atoms with E-state index in [1.807, 2.05) is 24.4 Å². The van der Waals surface area contributed by atoms with E-state index in [4.69, 9.17) is 11.6 Å². The highest BCUT2D eigenvalue weighted by Gasteiger charge is 2.15. The number of thioether (sulfide) groups is 1. The Balaban J connectivity index is 0.00000256. The van der Waals surface area contributed by atoms with Gasteiger partial charge in [0.15, 0.2) is 0 Å². The maximum Gasteiger partial charge on any atom is 0.123 e. The van der Waals surface area contributed by atoms with Crippen LogP contribution in [0.4, 0.5) is 4.39 Å². The van der Waals surface area contributed by atoms with Crippen LogP contribution in [0.2, 0.25) is 5.02 Å². The zero-order chi connectivity index (χ0) is 20.1. The molecule has 1 aliphatic rings. The number of fused-ring (bicyclic) bond motifs is 1. The third-order valence-corrected chi connectivity index (χ3v) is 6.60. The number of hydrogen-bond donors (Lipinski definition) is 1. The van der Waals surface area contributed by atoms with Crippen LogP contribution < -0.4 is 5.32 Å². The molecule has 0 atom stereocenters. The Bertz CT molecular complexity index is 1000. The fourth-order valence-corrected chi connectivity index (χ4v) is 4.82. The van der Waals surface area contributed by atoms with Crippen LogP contribution >= 0.6 is 35.8 Å². The van der Waals surface area contributed by atoms with Crippen LogP contribution in [0.15, 0.2) is 59.6 Å². The Morgan fingerprint density at radius 3 is 2.47 bits per heavy atom. The van der Waals surface area contributed by atoms with Crippen LogP contribution in [-0.4, -0.2) is 18.1 Å². The molecule has 30 heavy (non-hydrogen) atoms. The molecule has 0 bridgehead atoms. The molecule has 2 nitrogen and oxygen atoms in total. The molecule has 4 rings (SSSR count). The van der Waals surface area contributed by atoms with Gasteiger partial charge >= 0.3 is 0 Å². The third kappa shape index (κ3) is 5.86. The molecular formula is C24H23Cl2FN2S. The summed E-state index contributed by atoms with van der Waals surface area (Å²) in [7, 11) is 0. The van der Waals surface area contributed by atoms with Crippen molar-refractivity contribution in [3.05, 3.63) is 93.5 Å². The van der Waals surface area contributed by atoms with Gasteiger partial charge in [0.1, 0.15) is 5.82 Å². The Hall–Kier alpha value is -1.85. The summed E-state index contributed by atoms with van der Waals surface area (Å²) in [6.45, 7) is 2.02. The van der Waals surface area contributed by atoms with Gasteiger partial charge in [-0.3, -0.25) is 4.98 Å². The van der Waals surface area contributed by atoms with Crippen LogP contribution in [-0.2, 0) is 18.6 Å². The molecule has 2 heterocycles. The van der Waals surface area contributed by atoms with Crippen molar-refractivity contribution in [1.82, 2.24) is 10.3 Å². The van der Waals surface area contributed by atoms with Crippen molar-refractivity contribution in [3.63, 3.8) is 0 Å². The van der Waals surface area contributed by atoms with Crippen LogP contribution in [0.1, 0.15) is 27.9 Å². The number of nitrogens with zero attached hydrogens (tertiary/aromatic N) is 1. The quantitative estimate of drug-likeness (QED) is 0.442. The van der Waals surface area contributed by atoms with Crippen molar-refractivity contribution in [2.75, 3.05) is 13.1 Å². The normalized spacial score (nSPS) is 13.5. The van der Waals surface area contributed by atoms with E-state index in [1.165, 1.54) is 28.2 Å². The number of halogens is 3. The molecule has 1 aromatic heterocycles. The maximum atomic E-state index is 13.0. The lowest BCUT2D eigenvalue weighted by Crippen LogP contribution is -2.16. The van der Waals surface area contributed by atoms with Crippen molar-refractivity contribution in [2.45, 2.75) is 23.5 Å². The van der Waals surface area contributed by atoms with Gasteiger partial charge in [-0.15, -0.1) is 24.2 Å². The van der Waals surface area contributed by atoms with Gasteiger partial charge in [0.25, 0.3) is 0 Å². The monoisotopic (exact) mass is 460 g/mol. The first-order chi connectivity index (χ1) is 14.2. The van der Waals surface area contributed by atoms with E-state index >= 15 is 0 Å². The van der Waals surface area contributed by atoms with Crippen LogP contribution in [0.5, 0.6) is 0 Å². The fraction of sp³-hybridized carbons (Fsp3) is 0.208. The van der Waals surface area contributed by atoms with E-state index < -0.39 is 0 Å². The Morgan fingerprint density at radius 2 is 1.70 bits per heavy atom. The van der Waals surface area contributed by atoms with Gasteiger partial charge in [-0.1, -0.05) is 48.0 Å². The number of aromatic nitrogens is 1. The molecule has 0 saturated heterocycles. The average Bonchev–Trinajstić information content (AvgIpc) is 2.99. The summed E-state index contributed by atoms with van der Waals surface area (Å²) in [4.78, 5) is 5.78. The molecular weight excluding hydrogens is 438 g/mol. The first-order valence-electron chi connectivity index (χ1n) is 9.71. The van der Waals surface area contributed by atoms with Crippen molar-refractivity contribution < 1.29 is 4.39 Å². The molecule has 1 aliphatic heterocycles. The molecule has 0 aliphatic carbocycles. The molecule has 2 aromatic carbocycles. The topological polar surface area (TPSA) is 24.9 Å². The van der Waals surface area contributed by atoms with Gasteiger partial charge in [-0.05, 0) is 72.5 Å². The highest BCUT2D eigenvalue weighted by Crippen LogP contribution is 2.35. The van der Waals surface area contributed by atoms with Crippen molar-refractivity contribution >= 4 is 47.9 Å². The molecule has 0 saturated carbocycles. The second kappa shape index (κ2) is 11.0. The first-order valence-corrected chi connectivity index (χ1v) is 11.1. The minimum atomic E-state index is -0.225. The molecule has 6 heteroatoms. The van der Waals surface area contributed by atoms with Gasteiger partial charge in [0.2, 0.25) is 0 Å². The lowest BCUT2D eigenvalue weighted by molar-refractivity contribution is 0.628. The van der Waals surface area contributed by atoms with E-state index in [1.54, 1.807) is 23.9 Å². The highest BCUT2D eigenvalue weighted by molar-refractivity contribution is 7.98. The van der Waals surface area contributed by atoms with Gasteiger partial charge < -0.3 is 5.32 Å². The van der Waals surface area contributed by atoms with Gasteiger partial charge in [0, 0.05) is 16.8 Å². The standard InChI is InChI=1S/C24H22ClFN2S.ClH/c25-23-10-6-19-11-13-27-14-12-22(19)24(23)29-16-21-9-5-18(15-28-21)2-1-17-3-7-20(26)8-4-17;/h1-10,15,27H,11-14,16H2;1H/b2-1-;. The first kappa shape index (κ1) is 22.8. The summed E-state index contributed by atoms with van der Waals surface area (Å²) in [6.07, 6.45) is 7.87. The third-order valence-electron chi connectivity index (χ3n) is 4.98. The van der Waals surface area contributed by atoms with E-state index in [-0.39, 0.29) is 18.2 Å². The van der Waals surface area contributed by atoms with Crippen LogP contribution in [0.25, 0.3) is 12.2 Å². The fourth-order valence-electron chi connectivity index (χ4n) is 3.40. The Kier molecular flexibility index (Phi) is 8.34. The molecule has 0 radical (unpaired) electrons. The largest absolute Gasteiger partial charge is 0.316 e. The molecule has 0 spiro atoms. The SMILES string of the molecule is Cl.Fc1ccc(/C=C\c2ccc(CSc3c(Cl)ccc4c3CCNCC4)nc2)cc1. The van der Waals surface area contributed by atoms with Gasteiger partial charge in [-0.25, -0.2) is 4.39 Å². The molecule has 0 fully saturated rings.